The average Bonchev–Trinajstić information content (AvgIpc) is 2.22. The van der Waals surface area contributed by atoms with E-state index in [1.807, 2.05) is 12.1 Å². The van der Waals surface area contributed by atoms with E-state index in [1.54, 1.807) is 13.3 Å². The smallest absolute Gasteiger partial charge is 0.126 e. The van der Waals surface area contributed by atoms with Crippen LogP contribution in [0.1, 0.15) is 12.5 Å². The number of anilines is 1. The quantitative estimate of drug-likeness (QED) is 0.728. The summed E-state index contributed by atoms with van der Waals surface area (Å²) in [7, 11) is 1.71. The van der Waals surface area contributed by atoms with Gasteiger partial charge >= 0.3 is 0 Å². The maximum atomic E-state index is 5.78. The van der Waals surface area contributed by atoms with Gasteiger partial charge in [0.2, 0.25) is 0 Å². The molecule has 0 aromatic carbocycles. The zero-order chi connectivity index (χ0) is 11.1. The lowest BCUT2D eigenvalue weighted by Gasteiger charge is -2.17. The van der Waals surface area contributed by atoms with Gasteiger partial charge in [-0.3, -0.25) is 0 Å². The third-order valence-electron chi connectivity index (χ3n) is 2.25. The van der Waals surface area contributed by atoms with E-state index in [0.717, 1.165) is 18.5 Å². The van der Waals surface area contributed by atoms with Crippen molar-refractivity contribution in [1.82, 2.24) is 10.3 Å². The number of nitrogens with one attached hydrogen (secondary N) is 1. The summed E-state index contributed by atoms with van der Waals surface area (Å²) in [6.07, 6.45) is 2.55. The summed E-state index contributed by atoms with van der Waals surface area (Å²) in [5, 5.41) is 3.35. The maximum absolute atomic E-state index is 5.78. The van der Waals surface area contributed by atoms with Crippen LogP contribution < -0.4 is 11.1 Å². The van der Waals surface area contributed by atoms with Crippen molar-refractivity contribution in [1.29, 1.82) is 0 Å². The molecule has 1 atom stereocenters. The van der Waals surface area contributed by atoms with Gasteiger partial charge in [0.15, 0.2) is 0 Å². The molecule has 0 radical (unpaired) electrons. The van der Waals surface area contributed by atoms with Crippen molar-refractivity contribution in [2.45, 2.75) is 19.4 Å². The molecule has 0 fully saturated rings. The molecule has 0 spiro atoms. The minimum atomic E-state index is 0.298. The first-order valence-corrected chi connectivity index (χ1v) is 5.19. The fourth-order valence-corrected chi connectivity index (χ4v) is 1.57. The normalized spacial score (nSPS) is 12.7. The second-order valence-electron chi connectivity index (χ2n) is 3.46. The Labute approximate surface area is 90.8 Å². The Bertz CT molecular complexity index is 285. The highest BCUT2D eigenvalue weighted by atomic mass is 16.5. The lowest BCUT2D eigenvalue weighted by Crippen LogP contribution is -2.35. The standard InChI is InChI=1S/C11H19N3O/c1-3-13-10(8-15-2)7-9-5-4-6-14-11(9)12/h4-6,10,13H,3,7-8H2,1-2H3,(H2,12,14). The summed E-state index contributed by atoms with van der Waals surface area (Å²) in [5.41, 5.74) is 6.85. The van der Waals surface area contributed by atoms with E-state index in [1.165, 1.54) is 0 Å². The molecule has 0 saturated heterocycles. The van der Waals surface area contributed by atoms with Crippen LogP contribution in [0.15, 0.2) is 18.3 Å². The molecule has 0 aliphatic carbocycles. The number of nitrogen functional groups attached to an aromatic ring is 1. The van der Waals surface area contributed by atoms with E-state index in [9.17, 15) is 0 Å². The minimum Gasteiger partial charge on any atom is -0.383 e. The Morgan fingerprint density at radius 2 is 2.40 bits per heavy atom. The number of aromatic nitrogens is 1. The summed E-state index contributed by atoms with van der Waals surface area (Å²) in [5.74, 6) is 0.608. The number of hydrogen-bond acceptors (Lipinski definition) is 4. The monoisotopic (exact) mass is 209 g/mol. The first-order chi connectivity index (χ1) is 7.27. The number of pyridine rings is 1. The fraction of sp³-hybridized carbons (Fsp3) is 0.545. The van der Waals surface area contributed by atoms with Crippen LogP contribution in [0.25, 0.3) is 0 Å². The van der Waals surface area contributed by atoms with Crippen LogP contribution in [0.3, 0.4) is 0 Å². The van der Waals surface area contributed by atoms with Gasteiger partial charge in [0, 0.05) is 19.3 Å². The van der Waals surface area contributed by atoms with Crippen molar-refractivity contribution in [3.05, 3.63) is 23.9 Å². The topological polar surface area (TPSA) is 60.2 Å². The van der Waals surface area contributed by atoms with Crippen molar-refractivity contribution in [2.75, 3.05) is 26.0 Å². The number of likely N-dealkylation sites (N-methyl/N-ethyl adjacent to an activating group) is 1. The van der Waals surface area contributed by atoms with E-state index < -0.39 is 0 Å². The number of methoxy groups -OCH3 is 1. The summed E-state index contributed by atoms with van der Waals surface area (Å²) in [4.78, 5) is 4.06. The van der Waals surface area contributed by atoms with E-state index >= 15 is 0 Å². The van der Waals surface area contributed by atoms with Crippen LogP contribution in [0.2, 0.25) is 0 Å². The Kier molecular flexibility index (Phi) is 5.07. The van der Waals surface area contributed by atoms with Crippen molar-refractivity contribution in [3.8, 4) is 0 Å². The Morgan fingerprint density at radius 3 is 3.00 bits per heavy atom. The van der Waals surface area contributed by atoms with Crippen LogP contribution in [-0.2, 0) is 11.2 Å². The molecule has 1 rings (SSSR count). The molecule has 4 nitrogen and oxygen atoms in total. The number of hydrogen-bond donors (Lipinski definition) is 2. The molecule has 0 aliphatic heterocycles. The lowest BCUT2D eigenvalue weighted by molar-refractivity contribution is 0.167. The van der Waals surface area contributed by atoms with Crippen LogP contribution in [-0.4, -0.2) is 31.3 Å². The average molecular weight is 209 g/mol. The van der Waals surface area contributed by atoms with Gasteiger partial charge < -0.3 is 15.8 Å². The Balaban J connectivity index is 2.60. The molecule has 0 bridgehead atoms. The summed E-state index contributed by atoms with van der Waals surface area (Å²) in [6.45, 7) is 3.69. The highest BCUT2D eigenvalue weighted by Crippen LogP contribution is 2.09. The molecule has 1 unspecified atom stereocenters. The van der Waals surface area contributed by atoms with Crippen LogP contribution in [0.5, 0.6) is 0 Å². The predicted octanol–water partition coefficient (Wildman–Crippen LogP) is 0.831. The Morgan fingerprint density at radius 1 is 1.60 bits per heavy atom. The minimum absolute atomic E-state index is 0.298. The zero-order valence-corrected chi connectivity index (χ0v) is 9.36. The molecule has 15 heavy (non-hydrogen) atoms. The highest BCUT2D eigenvalue weighted by molar-refractivity contribution is 5.38. The van der Waals surface area contributed by atoms with Gasteiger partial charge in [-0.1, -0.05) is 13.0 Å². The predicted molar refractivity (Wildman–Crippen MR) is 61.7 cm³/mol. The largest absolute Gasteiger partial charge is 0.383 e. The molecule has 1 aromatic heterocycles. The van der Waals surface area contributed by atoms with Gasteiger partial charge in [0.1, 0.15) is 5.82 Å². The second kappa shape index (κ2) is 6.37. The Hall–Kier alpha value is -1.13. The van der Waals surface area contributed by atoms with E-state index in [4.69, 9.17) is 10.5 Å². The van der Waals surface area contributed by atoms with Crippen molar-refractivity contribution < 1.29 is 4.74 Å². The van der Waals surface area contributed by atoms with Gasteiger partial charge in [-0.15, -0.1) is 0 Å². The van der Waals surface area contributed by atoms with E-state index in [-0.39, 0.29) is 0 Å². The van der Waals surface area contributed by atoms with Gasteiger partial charge in [-0.25, -0.2) is 4.98 Å². The molecule has 3 N–H and O–H groups in total. The van der Waals surface area contributed by atoms with Crippen molar-refractivity contribution in [3.63, 3.8) is 0 Å². The maximum Gasteiger partial charge on any atom is 0.126 e. The lowest BCUT2D eigenvalue weighted by atomic mass is 10.1. The third-order valence-corrected chi connectivity index (χ3v) is 2.25. The van der Waals surface area contributed by atoms with E-state index in [0.29, 0.717) is 18.5 Å². The molecule has 0 saturated carbocycles. The van der Waals surface area contributed by atoms with Gasteiger partial charge in [-0.05, 0) is 24.6 Å². The summed E-state index contributed by atoms with van der Waals surface area (Å²) >= 11 is 0. The molecule has 84 valence electrons. The number of nitrogens with two attached hydrogens (primary N) is 1. The number of nitrogens with zero attached hydrogens (tertiary/aromatic N) is 1. The molecule has 0 aliphatic rings. The number of rotatable bonds is 6. The molecule has 1 aromatic rings. The van der Waals surface area contributed by atoms with Gasteiger partial charge in [-0.2, -0.15) is 0 Å². The van der Waals surface area contributed by atoms with Crippen molar-refractivity contribution >= 4 is 5.82 Å². The second-order valence-corrected chi connectivity index (χ2v) is 3.46. The van der Waals surface area contributed by atoms with Gasteiger partial charge in [0.05, 0.1) is 6.61 Å². The first-order valence-electron chi connectivity index (χ1n) is 5.19. The molecular formula is C11H19N3O. The summed E-state index contributed by atoms with van der Waals surface area (Å²) in [6, 6.07) is 4.20. The zero-order valence-electron chi connectivity index (χ0n) is 9.36. The molecule has 0 amide bonds. The van der Waals surface area contributed by atoms with Crippen LogP contribution in [0.4, 0.5) is 5.82 Å². The van der Waals surface area contributed by atoms with Crippen LogP contribution in [0, 0.1) is 0 Å². The molecular weight excluding hydrogens is 190 g/mol. The number of ether oxygens (including phenoxy) is 1. The third kappa shape index (κ3) is 3.85. The van der Waals surface area contributed by atoms with Crippen LogP contribution >= 0.6 is 0 Å². The molecule has 4 heteroatoms. The highest BCUT2D eigenvalue weighted by Gasteiger charge is 2.09. The summed E-state index contributed by atoms with van der Waals surface area (Å²) < 4.78 is 5.14. The van der Waals surface area contributed by atoms with E-state index in [2.05, 4.69) is 17.2 Å². The fourth-order valence-electron chi connectivity index (χ4n) is 1.57. The molecule has 1 heterocycles. The van der Waals surface area contributed by atoms with Gasteiger partial charge in [0.25, 0.3) is 0 Å². The first kappa shape index (κ1) is 11.9. The SMILES string of the molecule is CCNC(COC)Cc1cccnc1N. The van der Waals surface area contributed by atoms with Crippen molar-refractivity contribution in [2.24, 2.45) is 0 Å².